The second-order valence-corrected chi connectivity index (χ2v) is 4.27. The fourth-order valence-corrected chi connectivity index (χ4v) is 1.76. The molecule has 0 atom stereocenters. The molecule has 90 valence electrons. The first-order valence-corrected chi connectivity index (χ1v) is 5.71. The molecule has 0 bridgehead atoms. The summed E-state index contributed by atoms with van der Waals surface area (Å²) in [6.07, 6.45) is 0. The third-order valence-corrected chi connectivity index (χ3v) is 2.89. The minimum Gasteiger partial charge on any atom is -0.354 e. The van der Waals surface area contributed by atoms with Crippen molar-refractivity contribution in [1.82, 2.24) is 0 Å². The second-order valence-electron chi connectivity index (χ2n) is 3.86. The number of aryl methyl sites for hydroxylation is 1. The van der Waals surface area contributed by atoms with Crippen LogP contribution in [-0.2, 0) is 0 Å². The van der Waals surface area contributed by atoms with E-state index in [0.29, 0.717) is 16.9 Å². The first-order valence-electron chi connectivity index (χ1n) is 5.33. The molecular formula is C14H10ClFN2. The highest BCUT2D eigenvalue weighted by Gasteiger charge is 2.07. The maximum absolute atomic E-state index is 13.3. The standard InChI is InChI=1S/C14H10ClFN2/c1-9-3-2-4-10(8-17)14(9)18-11-5-6-12(15)13(16)7-11/h2-7,18H,1H3. The molecular weight excluding hydrogens is 251 g/mol. The lowest BCUT2D eigenvalue weighted by Gasteiger charge is -2.11. The Bertz CT molecular complexity index is 632. The SMILES string of the molecule is Cc1cccc(C#N)c1Nc1ccc(Cl)c(F)c1. The monoisotopic (exact) mass is 260 g/mol. The topological polar surface area (TPSA) is 35.8 Å². The van der Waals surface area contributed by atoms with Crippen LogP contribution in [0.2, 0.25) is 5.02 Å². The molecule has 1 N–H and O–H groups in total. The normalized spacial score (nSPS) is 9.89. The van der Waals surface area contributed by atoms with Gasteiger partial charge < -0.3 is 5.32 Å². The Labute approximate surface area is 110 Å². The van der Waals surface area contributed by atoms with Crippen LogP contribution in [0, 0.1) is 24.1 Å². The molecule has 2 aromatic rings. The Morgan fingerprint density at radius 3 is 2.72 bits per heavy atom. The van der Waals surface area contributed by atoms with Gasteiger partial charge in [-0.15, -0.1) is 0 Å². The van der Waals surface area contributed by atoms with Gasteiger partial charge in [0.25, 0.3) is 0 Å². The van der Waals surface area contributed by atoms with E-state index in [1.807, 2.05) is 19.1 Å². The van der Waals surface area contributed by atoms with Crippen LogP contribution in [0.4, 0.5) is 15.8 Å². The Hall–Kier alpha value is -2.05. The third-order valence-electron chi connectivity index (χ3n) is 2.58. The number of nitrogens with zero attached hydrogens (tertiary/aromatic N) is 1. The van der Waals surface area contributed by atoms with Crippen molar-refractivity contribution >= 4 is 23.0 Å². The van der Waals surface area contributed by atoms with E-state index < -0.39 is 5.82 Å². The maximum Gasteiger partial charge on any atom is 0.143 e. The average Bonchev–Trinajstić information content (AvgIpc) is 2.36. The molecule has 0 radical (unpaired) electrons. The lowest BCUT2D eigenvalue weighted by molar-refractivity contribution is 0.629. The van der Waals surface area contributed by atoms with Crippen LogP contribution in [0.5, 0.6) is 0 Å². The van der Waals surface area contributed by atoms with E-state index in [2.05, 4.69) is 11.4 Å². The summed E-state index contributed by atoms with van der Waals surface area (Å²) < 4.78 is 13.3. The average molecular weight is 261 g/mol. The van der Waals surface area contributed by atoms with Gasteiger partial charge in [-0.3, -0.25) is 0 Å². The Balaban J connectivity index is 2.40. The lowest BCUT2D eigenvalue weighted by atomic mass is 10.1. The van der Waals surface area contributed by atoms with Gasteiger partial charge in [0.2, 0.25) is 0 Å². The first kappa shape index (κ1) is 12.4. The largest absolute Gasteiger partial charge is 0.354 e. The van der Waals surface area contributed by atoms with Crippen molar-refractivity contribution in [3.8, 4) is 6.07 Å². The number of nitriles is 1. The molecule has 2 aromatic carbocycles. The van der Waals surface area contributed by atoms with Crippen molar-refractivity contribution in [2.24, 2.45) is 0 Å². The highest BCUT2D eigenvalue weighted by atomic mass is 35.5. The quantitative estimate of drug-likeness (QED) is 0.869. The van der Waals surface area contributed by atoms with Crippen molar-refractivity contribution in [3.63, 3.8) is 0 Å². The maximum atomic E-state index is 13.3. The van der Waals surface area contributed by atoms with Gasteiger partial charge in [0, 0.05) is 5.69 Å². The number of hydrogen-bond donors (Lipinski definition) is 1. The van der Waals surface area contributed by atoms with Crippen LogP contribution in [0.15, 0.2) is 36.4 Å². The van der Waals surface area contributed by atoms with Crippen molar-refractivity contribution < 1.29 is 4.39 Å². The molecule has 0 aromatic heterocycles. The van der Waals surface area contributed by atoms with E-state index in [1.165, 1.54) is 12.1 Å². The van der Waals surface area contributed by atoms with Crippen LogP contribution in [-0.4, -0.2) is 0 Å². The molecule has 2 nitrogen and oxygen atoms in total. The highest BCUT2D eigenvalue weighted by molar-refractivity contribution is 6.30. The zero-order valence-corrected chi connectivity index (χ0v) is 10.4. The number of nitrogens with one attached hydrogen (secondary N) is 1. The van der Waals surface area contributed by atoms with Crippen molar-refractivity contribution in [1.29, 1.82) is 5.26 Å². The van der Waals surface area contributed by atoms with E-state index in [0.717, 1.165) is 5.56 Å². The van der Waals surface area contributed by atoms with Crippen molar-refractivity contribution in [3.05, 3.63) is 58.4 Å². The lowest BCUT2D eigenvalue weighted by Crippen LogP contribution is -1.97. The second kappa shape index (κ2) is 5.07. The molecule has 18 heavy (non-hydrogen) atoms. The van der Waals surface area contributed by atoms with Crippen LogP contribution in [0.3, 0.4) is 0 Å². The number of anilines is 2. The number of halogens is 2. The molecule has 0 unspecified atom stereocenters. The molecule has 2 rings (SSSR count). The van der Waals surface area contributed by atoms with Gasteiger partial charge in [0.1, 0.15) is 11.9 Å². The summed E-state index contributed by atoms with van der Waals surface area (Å²) in [7, 11) is 0. The number of para-hydroxylation sites is 1. The van der Waals surface area contributed by atoms with Gasteiger partial charge in [-0.1, -0.05) is 23.7 Å². The summed E-state index contributed by atoms with van der Waals surface area (Å²) in [5.41, 5.74) is 2.68. The minimum absolute atomic E-state index is 0.0749. The first-order chi connectivity index (χ1) is 8.61. The van der Waals surface area contributed by atoms with Crippen LogP contribution >= 0.6 is 11.6 Å². The van der Waals surface area contributed by atoms with E-state index in [4.69, 9.17) is 16.9 Å². The fraction of sp³-hybridized carbons (Fsp3) is 0.0714. The van der Waals surface area contributed by atoms with Gasteiger partial charge in [0.15, 0.2) is 0 Å². The molecule has 0 fully saturated rings. The molecule has 0 aliphatic carbocycles. The number of hydrogen-bond acceptors (Lipinski definition) is 2. The predicted octanol–water partition coefficient (Wildman–Crippen LogP) is 4.40. The Morgan fingerprint density at radius 2 is 2.06 bits per heavy atom. The summed E-state index contributed by atoms with van der Waals surface area (Å²) in [4.78, 5) is 0. The predicted molar refractivity (Wildman–Crippen MR) is 70.6 cm³/mol. The molecule has 0 aliphatic rings. The highest BCUT2D eigenvalue weighted by Crippen LogP contribution is 2.26. The zero-order valence-electron chi connectivity index (χ0n) is 9.67. The molecule has 4 heteroatoms. The summed E-state index contributed by atoms with van der Waals surface area (Å²) in [5, 5.41) is 12.1. The van der Waals surface area contributed by atoms with Gasteiger partial charge >= 0.3 is 0 Å². The van der Waals surface area contributed by atoms with Gasteiger partial charge in [-0.05, 0) is 36.8 Å². The summed E-state index contributed by atoms with van der Waals surface area (Å²) in [6, 6.07) is 11.9. The zero-order chi connectivity index (χ0) is 13.1. The molecule has 0 saturated heterocycles. The van der Waals surface area contributed by atoms with Crippen LogP contribution in [0.25, 0.3) is 0 Å². The molecule has 0 saturated carbocycles. The van der Waals surface area contributed by atoms with Gasteiger partial charge in [-0.25, -0.2) is 4.39 Å². The Morgan fingerprint density at radius 1 is 1.28 bits per heavy atom. The summed E-state index contributed by atoms with van der Waals surface area (Å²) in [5.74, 6) is -0.492. The Kier molecular flexibility index (Phi) is 3.50. The third kappa shape index (κ3) is 2.44. The van der Waals surface area contributed by atoms with E-state index >= 15 is 0 Å². The molecule has 0 heterocycles. The van der Waals surface area contributed by atoms with E-state index in [1.54, 1.807) is 12.1 Å². The van der Waals surface area contributed by atoms with E-state index in [-0.39, 0.29) is 5.02 Å². The molecule has 0 spiro atoms. The van der Waals surface area contributed by atoms with E-state index in [9.17, 15) is 4.39 Å². The smallest absolute Gasteiger partial charge is 0.143 e. The molecule has 0 aliphatic heterocycles. The summed E-state index contributed by atoms with van der Waals surface area (Å²) in [6.45, 7) is 1.88. The van der Waals surface area contributed by atoms with Crippen LogP contribution in [0.1, 0.15) is 11.1 Å². The van der Waals surface area contributed by atoms with Crippen molar-refractivity contribution in [2.75, 3.05) is 5.32 Å². The summed E-state index contributed by atoms with van der Waals surface area (Å²) >= 11 is 5.62. The fourth-order valence-electron chi connectivity index (χ4n) is 1.65. The molecule has 0 amide bonds. The van der Waals surface area contributed by atoms with Crippen LogP contribution < -0.4 is 5.32 Å². The number of benzene rings is 2. The van der Waals surface area contributed by atoms with Gasteiger partial charge in [0.05, 0.1) is 16.3 Å². The minimum atomic E-state index is -0.492. The van der Waals surface area contributed by atoms with Gasteiger partial charge in [-0.2, -0.15) is 5.26 Å². The van der Waals surface area contributed by atoms with Crippen molar-refractivity contribution in [2.45, 2.75) is 6.92 Å². The number of rotatable bonds is 2.